The van der Waals surface area contributed by atoms with Crippen LogP contribution in [0.2, 0.25) is 0 Å². The lowest BCUT2D eigenvalue weighted by atomic mass is 9.92. The predicted octanol–water partition coefficient (Wildman–Crippen LogP) is 2.02. The summed E-state index contributed by atoms with van der Waals surface area (Å²) in [5.74, 6) is 0.0711. The van der Waals surface area contributed by atoms with E-state index in [1.54, 1.807) is 17.3 Å². The molecule has 2 aromatic rings. The molecule has 1 unspecified atom stereocenters. The van der Waals surface area contributed by atoms with E-state index in [0.29, 0.717) is 25.5 Å². The largest absolute Gasteiger partial charge is 0.463 e. The van der Waals surface area contributed by atoms with Gasteiger partial charge in [-0.3, -0.25) is 24.5 Å². The number of carbonyl (C=O) groups excluding carboxylic acids is 2. The number of aromatic nitrogens is 3. The van der Waals surface area contributed by atoms with Crippen molar-refractivity contribution in [1.29, 1.82) is 0 Å². The molecule has 3 rings (SSSR count). The first-order valence-corrected chi connectivity index (χ1v) is 12.4. The number of hydrogen-bond donors (Lipinski definition) is 3. The Kier molecular flexibility index (Phi) is 8.97. The van der Waals surface area contributed by atoms with Crippen LogP contribution in [0.3, 0.4) is 0 Å². The topological polar surface area (TPSA) is 121 Å². The van der Waals surface area contributed by atoms with Gasteiger partial charge in [-0.15, -0.1) is 0 Å². The quantitative estimate of drug-likeness (QED) is 0.353. The van der Waals surface area contributed by atoms with Crippen molar-refractivity contribution in [2.24, 2.45) is 0 Å². The van der Waals surface area contributed by atoms with Crippen molar-refractivity contribution in [1.82, 2.24) is 25.6 Å². The van der Waals surface area contributed by atoms with E-state index >= 15 is 0 Å². The minimum Gasteiger partial charge on any atom is -0.463 e. The van der Waals surface area contributed by atoms with E-state index in [-0.39, 0.29) is 48.4 Å². The van der Waals surface area contributed by atoms with Crippen molar-refractivity contribution in [3.05, 3.63) is 42.1 Å². The highest BCUT2D eigenvalue weighted by molar-refractivity contribution is 5.94. The number of hydrogen-bond acceptors (Lipinski definition) is 9. The molecule has 10 nitrogen and oxygen atoms in total. The lowest BCUT2D eigenvalue weighted by Gasteiger charge is -2.32. The van der Waals surface area contributed by atoms with Gasteiger partial charge in [0.2, 0.25) is 5.91 Å². The van der Waals surface area contributed by atoms with Gasteiger partial charge in [-0.05, 0) is 12.1 Å². The molecular weight excluding hydrogens is 458 g/mol. The molecule has 0 spiro atoms. The van der Waals surface area contributed by atoms with Crippen LogP contribution in [0.25, 0.3) is 0 Å². The molecule has 1 amide bonds. The number of esters is 1. The third-order valence-corrected chi connectivity index (χ3v) is 5.81. The maximum Gasteiger partial charge on any atom is 0.319 e. The van der Waals surface area contributed by atoms with Crippen molar-refractivity contribution in [3.63, 3.8) is 0 Å². The Bertz CT molecular complexity index is 1010. The normalized spacial score (nSPS) is 16.7. The monoisotopic (exact) mass is 497 g/mol. The second kappa shape index (κ2) is 11.7. The van der Waals surface area contributed by atoms with Crippen molar-refractivity contribution in [3.8, 4) is 0 Å². The zero-order valence-corrected chi connectivity index (χ0v) is 22.2. The average molecular weight is 498 g/mol. The van der Waals surface area contributed by atoms with Crippen LogP contribution in [0, 0.1) is 0 Å². The molecule has 1 saturated heterocycles. The highest BCUT2D eigenvalue weighted by Gasteiger charge is 2.28. The standard InChI is InChI=1S/C26H39N7O3/c1-25(2,3)20-8-7-18(11-30-20)28-10-9-27-15-24(35)36-17-19-16-33(23(34)14-29-19)22-13-31-21(12-32-22)26(4,5)6/h7-8,11-13,19,27-29H,9-10,14-17H2,1-6H3. The van der Waals surface area contributed by atoms with E-state index in [1.807, 2.05) is 18.3 Å². The van der Waals surface area contributed by atoms with Crippen LogP contribution in [0.5, 0.6) is 0 Å². The van der Waals surface area contributed by atoms with Crippen LogP contribution in [0.1, 0.15) is 52.9 Å². The number of anilines is 2. The summed E-state index contributed by atoms with van der Waals surface area (Å²) in [7, 11) is 0. The highest BCUT2D eigenvalue weighted by atomic mass is 16.5. The van der Waals surface area contributed by atoms with Crippen LogP contribution in [0.4, 0.5) is 11.5 Å². The first-order valence-electron chi connectivity index (χ1n) is 12.4. The number of piperazine rings is 1. The summed E-state index contributed by atoms with van der Waals surface area (Å²) in [5.41, 5.74) is 2.74. The molecular formula is C26H39N7O3. The number of nitrogens with one attached hydrogen (secondary N) is 3. The van der Waals surface area contributed by atoms with Crippen molar-refractivity contribution < 1.29 is 14.3 Å². The smallest absolute Gasteiger partial charge is 0.319 e. The summed E-state index contributed by atoms with van der Waals surface area (Å²) in [6.07, 6.45) is 5.15. The molecule has 1 aliphatic rings. The van der Waals surface area contributed by atoms with Gasteiger partial charge in [-0.2, -0.15) is 0 Å². The highest BCUT2D eigenvalue weighted by Crippen LogP contribution is 2.22. The van der Waals surface area contributed by atoms with Gasteiger partial charge in [-0.1, -0.05) is 41.5 Å². The third kappa shape index (κ3) is 7.96. The van der Waals surface area contributed by atoms with Crippen molar-refractivity contribution >= 4 is 23.4 Å². The lowest BCUT2D eigenvalue weighted by Crippen LogP contribution is -2.56. The Hall–Kier alpha value is -3.11. The first-order chi connectivity index (χ1) is 16.9. The van der Waals surface area contributed by atoms with Gasteiger partial charge >= 0.3 is 5.97 Å². The van der Waals surface area contributed by atoms with E-state index in [9.17, 15) is 9.59 Å². The van der Waals surface area contributed by atoms with Crippen LogP contribution >= 0.6 is 0 Å². The number of rotatable bonds is 9. The van der Waals surface area contributed by atoms with Crippen LogP contribution in [-0.4, -0.2) is 72.2 Å². The van der Waals surface area contributed by atoms with Gasteiger partial charge in [-0.25, -0.2) is 4.98 Å². The molecule has 1 fully saturated rings. The van der Waals surface area contributed by atoms with Crippen LogP contribution < -0.4 is 20.9 Å². The fourth-order valence-electron chi connectivity index (χ4n) is 3.57. The molecule has 3 N–H and O–H groups in total. The van der Waals surface area contributed by atoms with Gasteiger partial charge in [0.05, 0.1) is 49.1 Å². The van der Waals surface area contributed by atoms with Crippen LogP contribution in [-0.2, 0) is 25.2 Å². The Balaban J connectivity index is 1.36. The second-order valence-corrected chi connectivity index (χ2v) is 11.1. The summed E-state index contributed by atoms with van der Waals surface area (Å²) >= 11 is 0. The molecule has 196 valence electrons. The van der Waals surface area contributed by atoms with E-state index < -0.39 is 0 Å². The summed E-state index contributed by atoms with van der Waals surface area (Å²) < 4.78 is 5.41. The number of ether oxygens (including phenoxy) is 1. The SMILES string of the molecule is CC(C)(C)c1ccc(NCCNCC(=O)OCC2CN(c3cnc(C(C)(C)C)cn3)C(=O)CN2)cn1. The zero-order valence-electron chi connectivity index (χ0n) is 22.2. The van der Waals surface area contributed by atoms with Gasteiger partial charge in [0.1, 0.15) is 6.61 Å². The molecule has 1 atom stereocenters. The number of carbonyl (C=O) groups is 2. The van der Waals surface area contributed by atoms with Gasteiger partial charge < -0.3 is 20.7 Å². The molecule has 1 aliphatic heterocycles. The first kappa shape index (κ1) is 27.5. The molecule has 0 saturated carbocycles. The molecule has 10 heteroatoms. The number of amides is 1. The third-order valence-electron chi connectivity index (χ3n) is 5.81. The summed E-state index contributed by atoms with van der Waals surface area (Å²) in [6, 6.07) is 3.85. The summed E-state index contributed by atoms with van der Waals surface area (Å²) in [5, 5.41) is 9.47. The Morgan fingerprint density at radius 1 is 1.03 bits per heavy atom. The Morgan fingerprint density at radius 3 is 2.36 bits per heavy atom. The molecule has 3 heterocycles. The zero-order chi connectivity index (χ0) is 26.3. The molecule has 0 bridgehead atoms. The van der Waals surface area contributed by atoms with E-state index in [4.69, 9.17) is 4.74 Å². The molecule has 0 aliphatic carbocycles. The van der Waals surface area contributed by atoms with Gasteiger partial charge in [0.25, 0.3) is 0 Å². The maximum atomic E-state index is 12.4. The van der Waals surface area contributed by atoms with Gasteiger partial charge in [0.15, 0.2) is 5.82 Å². The number of nitrogens with zero attached hydrogens (tertiary/aromatic N) is 4. The van der Waals surface area contributed by atoms with Crippen LogP contribution in [0.15, 0.2) is 30.7 Å². The molecule has 2 aromatic heterocycles. The molecule has 0 aromatic carbocycles. The number of pyridine rings is 1. The fraction of sp³-hybridized carbons (Fsp3) is 0.577. The van der Waals surface area contributed by atoms with Crippen molar-refractivity contribution in [2.45, 2.75) is 58.4 Å². The second-order valence-electron chi connectivity index (χ2n) is 11.1. The predicted molar refractivity (Wildman–Crippen MR) is 140 cm³/mol. The Morgan fingerprint density at radius 2 is 1.75 bits per heavy atom. The molecule has 36 heavy (non-hydrogen) atoms. The van der Waals surface area contributed by atoms with Crippen molar-refractivity contribution in [2.75, 3.05) is 49.5 Å². The minimum atomic E-state index is -0.342. The van der Waals surface area contributed by atoms with E-state index in [0.717, 1.165) is 17.1 Å². The summed E-state index contributed by atoms with van der Waals surface area (Å²) in [6.45, 7) is 14.6. The van der Waals surface area contributed by atoms with E-state index in [1.165, 1.54) is 0 Å². The molecule has 0 radical (unpaired) electrons. The summed E-state index contributed by atoms with van der Waals surface area (Å²) in [4.78, 5) is 39.5. The minimum absolute atomic E-state index is 0.0210. The lowest BCUT2D eigenvalue weighted by molar-refractivity contribution is -0.143. The maximum absolute atomic E-state index is 12.4. The Labute approximate surface area is 213 Å². The van der Waals surface area contributed by atoms with Gasteiger partial charge in [0, 0.05) is 36.2 Å². The van der Waals surface area contributed by atoms with E-state index in [2.05, 4.69) is 72.4 Å². The fourth-order valence-corrected chi connectivity index (χ4v) is 3.57. The average Bonchev–Trinajstić information content (AvgIpc) is 2.82.